The van der Waals surface area contributed by atoms with Gasteiger partial charge in [-0.2, -0.15) is 0 Å². The molecule has 1 aromatic carbocycles. The second-order valence-corrected chi connectivity index (χ2v) is 3.91. The van der Waals surface area contributed by atoms with Crippen LogP contribution >= 0.6 is 0 Å². The van der Waals surface area contributed by atoms with Gasteiger partial charge in [-0.3, -0.25) is 9.78 Å². The first kappa shape index (κ1) is 10.5. The molecule has 0 saturated heterocycles. The van der Waals surface area contributed by atoms with Gasteiger partial charge in [0.2, 0.25) is 0 Å². The van der Waals surface area contributed by atoms with Gasteiger partial charge < -0.3 is 10.1 Å². The van der Waals surface area contributed by atoms with Gasteiger partial charge in [-0.15, -0.1) is 0 Å². The van der Waals surface area contributed by atoms with Crippen molar-refractivity contribution in [2.45, 2.75) is 0 Å². The zero-order valence-corrected chi connectivity index (χ0v) is 9.18. The number of ketones is 1. The zero-order chi connectivity index (χ0) is 12.7. The van der Waals surface area contributed by atoms with Crippen molar-refractivity contribution in [3.63, 3.8) is 0 Å². The average Bonchev–Trinajstić information content (AvgIpc) is 2.85. The fraction of sp³-hybridized carbons (Fsp3) is 0. The van der Waals surface area contributed by atoms with Crippen molar-refractivity contribution >= 4 is 33.6 Å². The van der Waals surface area contributed by atoms with Crippen LogP contribution in [0, 0.1) is 0 Å². The summed E-state index contributed by atoms with van der Waals surface area (Å²) in [5, 5.41) is 10.5. The van der Waals surface area contributed by atoms with Crippen molar-refractivity contribution in [3.8, 4) is 0 Å². The Morgan fingerprint density at radius 1 is 1.11 bits per heavy atom. The van der Waals surface area contributed by atoms with E-state index in [-0.39, 0.29) is 5.69 Å². The van der Waals surface area contributed by atoms with Gasteiger partial charge in [0.1, 0.15) is 0 Å². The summed E-state index contributed by atoms with van der Waals surface area (Å²) < 4.78 is 0. The minimum Gasteiger partial charge on any atom is -0.475 e. The normalized spacial score (nSPS) is 10.9. The maximum absolute atomic E-state index is 11.4. The summed E-state index contributed by atoms with van der Waals surface area (Å²) in [5.74, 6) is -2.42. The topological polar surface area (TPSA) is 83.0 Å². The number of pyridine rings is 1. The number of benzene rings is 1. The molecule has 0 saturated carbocycles. The minimum atomic E-state index is -1.47. The Balaban J connectivity index is 2.33. The molecule has 3 rings (SSSR count). The van der Waals surface area contributed by atoms with E-state index in [9.17, 15) is 9.59 Å². The molecule has 2 heterocycles. The van der Waals surface area contributed by atoms with Crippen molar-refractivity contribution in [1.82, 2.24) is 9.97 Å². The predicted molar refractivity (Wildman–Crippen MR) is 65.6 cm³/mol. The second-order valence-electron chi connectivity index (χ2n) is 3.91. The number of hydrogen-bond donors (Lipinski definition) is 2. The Hall–Kier alpha value is -2.69. The Bertz CT molecular complexity index is 789. The van der Waals surface area contributed by atoms with Gasteiger partial charge in [-0.05, 0) is 23.6 Å². The van der Waals surface area contributed by atoms with E-state index >= 15 is 0 Å². The van der Waals surface area contributed by atoms with Crippen LogP contribution < -0.4 is 0 Å². The van der Waals surface area contributed by atoms with Crippen LogP contribution in [0.2, 0.25) is 0 Å². The number of aromatic amines is 1. The highest BCUT2D eigenvalue weighted by Crippen LogP contribution is 2.23. The lowest BCUT2D eigenvalue weighted by molar-refractivity contribution is -0.131. The first-order valence-electron chi connectivity index (χ1n) is 5.31. The summed E-state index contributed by atoms with van der Waals surface area (Å²) >= 11 is 0. The third-order valence-electron chi connectivity index (χ3n) is 2.84. The number of H-pyrrole nitrogens is 1. The summed E-state index contributed by atoms with van der Waals surface area (Å²) in [6, 6.07) is 8.76. The molecule has 0 bridgehead atoms. The van der Waals surface area contributed by atoms with Gasteiger partial charge in [0.25, 0.3) is 5.78 Å². The standard InChI is InChI=1S/C13H8N2O3/c16-12(13(17)18)10-4-2-7-1-3-9-8(5-6-14-9)11(7)15-10/h1-6,15H,(H,17,18). The highest BCUT2D eigenvalue weighted by molar-refractivity contribution is 6.39. The predicted octanol–water partition coefficient (Wildman–Crippen LogP) is 1.98. The first-order chi connectivity index (χ1) is 8.66. The molecule has 0 spiro atoms. The number of carboxylic acids is 1. The van der Waals surface area contributed by atoms with Crippen LogP contribution in [-0.2, 0) is 4.79 Å². The van der Waals surface area contributed by atoms with E-state index in [1.807, 2.05) is 18.2 Å². The molecule has 2 N–H and O–H groups in total. The molecule has 2 aromatic heterocycles. The van der Waals surface area contributed by atoms with Crippen LogP contribution in [0.15, 0.2) is 36.5 Å². The number of hydrogen-bond acceptors (Lipinski definition) is 3. The Morgan fingerprint density at radius 3 is 2.67 bits per heavy atom. The molecular weight excluding hydrogens is 232 g/mol. The monoisotopic (exact) mass is 240 g/mol. The molecule has 0 unspecified atom stereocenters. The van der Waals surface area contributed by atoms with Gasteiger partial charge >= 0.3 is 5.97 Å². The van der Waals surface area contributed by atoms with E-state index in [1.165, 1.54) is 6.07 Å². The van der Waals surface area contributed by atoms with Gasteiger partial charge in [-0.1, -0.05) is 12.1 Å². The molecule has 0 aliphatic carbocycles. The van der Waals surface area contributed by atoms with Crippen molar-refractivity contribution in [2.75, 3.05) is 0 Å². The first-order valence-corrected chi connectivity index (χ1v) is 5.31. The van der Waals surface area contributed by atoms with Crippen LogP contribution in [0.5, 0.6) is 0 Å². The van der Waals surface area contributed by atoms with Crippen LogP contribution in [0.1, 0.15) is 10.5 Å². The molecule has 0 fully saturated rings. The quantitative estimate of drug-likeness (QED) is 0.530. The lowest BCUT2D eigenvalue weighted by Gasteiger charge is -2.03. The Labute approximate surface area is 101 Å². The maximum atomic E-state index is 11.4. The molecule has 0 aliphatic heterocycles. The molecule has 0 atom stereocenters. The number of aliphatic carboxylic acids is 1. The average molecular weight is 240 g/mol. The number of Topliss-reactive ketones (excluding diaryl/α,β-unsaturated/α-hetero) is 1. The molecular formula is C13H8N2O3. The number of nitrogens with zero attached hydrogens (tertiary/aromatic N) is 1. The molecule has 0 amide bonds. The van der Waals surface area contributed by atoms with E-state index < -0.39 is 11.8 Å². The molecule has 88 valence electrons. The summed E-state index contributed by atoms with van der Waals surface area (Å²) in [5.41, 5.74) is 1.58. The number of rotatable bonds is 2. The van der Waals surface area contributed by atoms with E-state index in [1.54, 1.807) is 12.3 Å². The summed E-state index contributed by atoms with van der Waals surface area (Å²) in [6.07, 6.45) is 1.67. The van der Waals surface area contributed by atoms with Crippen molar-refractivity contribution in [1.29, 1.82) is 0 Å². The lowest BCUT2D eigenvalue weighted by atomic mass is 10.1. The molecule has 5 heteroatoms. The molecule has 0 radical (unpaired) electrons. The number of fused-ring (bicyclic) bond motifs is 3. The van der Waals surface area contributed by atoms with Gasteiger partial charge in [0.05, 0.1) is 16.7 Å². The Kier molecular flexibility index (Phi) is 2.13. The van der Waals surface area contributed by atoms with Crippen LogP contribution in [0.25, 0.3) is 21.8 Å². The fourth-order valence-electron chi connectivity index (χ4n) is 1.97. The van der Waals surface area contributed by atoms with E-state index in [0.29, 0.717) is 0 Å². The Morgan fingerprint density at radius 2 is 1.89 bits per heavy atom. The van der Waals surface area contributed by atoms with Gasteiger partial charge in [0.15, 0.2) is 0 Å². The molecule has 5 nitrogen and oxygen atoms in total. The molecule has 3 aromatic rings. The number of carbonyl (C=O) groups excluding carboxylic acids is 1. The van der Waals surface area contributed by atoms with E-state index in [4.69, 9.17) is 5.11 Å². The largest absolute Gasteiger partial charge is 0.475 e. The minimum absolute atomic E-state index is 0.0590. The third kappa shape index (κ3) is 1.45. The van der Waals surface area contributed by atoms with Gasteiger partial charge in [0, 0.05) is 11.6 Å². The van der Waals surface area contributed by atoms with Crippen molar-refractivity contribution in [3.05, 3.63) is 42.2 Å². The fourth-order valence-corrected chi connectivity index (χ4v) is 1.97. The summed E-state index contributed by atoms with van der Waals surface area (Å²) in [6.45, 7) is 0. The van der Waals surface area contributed by atoms with Crippen LogP contribution in [0.3, 0.4) is 0 Å². The summed E-state index contributed by atoms with van der Waals surface area (Å²) in [4.78, 5) is 29.1. The smallest absolute Gasteiger partial charge is 0.378 e. The summed E-state index contributed by atoms with van der Waals surface area (Å²) in [7, 11) is 0. The van der Waals surface area contributed by atoms with E-state index in [0.717, 1.165) is 21.8 Å². The molecule has 0 aliphatic rings. The number of nitrogens with one attached hydrogen (secondary N) is 1. The van der Waals surface area contributed by atoms with E-state index in [2.05, 4.69) is 9.97 Å². The molecule has 18 heavy (non-hydrogen) atoms. The zero-order valence-electron chi connectivity index (χ0n) is 9.18. The number of aromatic nitrogens is 2. The highest BCUT2D eigenvalue weighted by atomic mass is 16.4. The van der Waals surface area contributed by atoms with Crippen molar-refractivity contribution in [2.24, 2.45) is 0 Å². The third-order valence-corrected chi connectivity index (χ3v) is 2.84. The maximum Gasteiger partial charge on any atom is 0.378 e. The lowest BCUT2D eigenvalue weighted by Crippen LogP contribution is -2.14. The van der Waals surface area contributed by atoms with Crippen LogP contribution in [-0.4, -0.2) is 26.8 Å². The second kappa shape index (κ2) is 3.66. The number of carboxylic acid groups (broad SMARTS) is 1. The SMILES string of the molecule is O=C(O)C(=O)c1ccc2ccc3nccc3c2[nH]1. The van der Waals surface area contributed by atoms with Crippen LogP contribution in [0.4, 0.5) is 0 Å². The highest BCUT2D eigenvalue weighted by Gasteiger charge is 2.15. The van der Waals surface area contributed by atoms with Crippen molar-refractivity contribution < 1.29 is 14.7 Å². The number of carbonyl (C=O) groups is 2. The van der Waals surface area contributed by atoms with Gasteiger partial charge in [-0.25, -0.2) is 4.79 Å².